The van der Waals surface area contributed by atoms with Gasteiger partial charge in [0, 0.05) is 24.7 Å². The molecule has 4 nitrogen and oxygen atoms in total. The highest BCUT2D eigenvalue weighted by molar-refractivity contribution is 7.90. The third kappa shape index (κ3) is 13.9. The summed E-state index contributed by atoms with van der Waals surface area (Å²) in [6, 6.07) is 5.62. The van der Waals surface area contributed by atoms with Crippen molar-refractivity contribution in [3.63, 3.8) is 0 Å². The van der Waals surface area contributed by atoms with E-state index in [4.69, 9.17) is 5.73 Å². The molecule has 32 heavy (non-hydrogen) atoms. The molecular formula is C23H38F4N2O2S. The van der Waals surface area contributed by atoms with Crippen molar-refractivity contribution >= 4 is 15.5 Å². The van der Waals surface area contributed by atoms with Gasteiger partial charge in [0.1, 0.15) is 5.70 Å². The Balaban J connectivity index is -0.00000129. The van der Waals surface area contributed by atoms with Crippen LogP contribution in [0.2, 0.25) is 0 Å². The number of nitrogens with zero attached hydrogens (tertiary/aromatic N) is 1. The maximum Gasteiger partial charge on any atom is 0.432 e. The zero-order valence-corrected chi connectivity index (χ0v) is 21.1. The van der Waals surface area contributed by atoms with Gasteiger partial charge in [-0.3, -0.25) is 4.39 Å². The lowest BCUT2D eigenvalue weighted by molar-refractivity contribution is -0.0928. The second-order valence-corrected chi connectivity index (χ2v) is 7.68. The third-order valence-electron chi connectivity index (χ3n) is 3.42. The van der Waals surface area contributed by atoms with Crippen molar-refractivity contribution in [2.24, 2.45) is 5.73 Å². The van der Waals surface area contributed by atoms with Crippen LogP contribution in [0, 0.1) is 0 Å². The lowest BCUT2D eigenvalue weighted by Crippen LogP contribution is -2.26. The van der Waals surface area contributed by atoms with Crippen LogP contribution < -0.4 is 10.6 Å². The minimum atomic E-state index is -4.65. The monoisotopic (exact) mass is 482 g/mol. The molecule has 0 unspecified atom stereocenters. The molecule has 1 aromatic carbocycles. The van der Waals surface area contributed by atoms with Crippen molar-refractivity contribution in [1.29, 1.82) is 0 Å². The maximum atomic E-state index is 12.9. The van der Waals surface area contributed by atoms with Crippen LogP contribution in [0.5, 0.6) is 0 Å². The number of nitrogens with two attached hydrogens (primary N) is 1. The largest absolute Gasteiger partial charge is 0.432 e. The highest BCUT2D eigenvalue weighted by atomic mass is 32.2. The van der Waals surface area contributed by atoms with Crippen molar-refractivity contribution < 1.29 is 26.0 Å². The van der Waals surface area contributed by atoms with Gasteiger partial charge < -0.3 is 10.6 Å². The molecule has 0 spiro atoms. The van der Waals surface area contributed by atoms with Crippen LogP contribution >= 0.6 is 0 Å². The van der Waals surface area contributed by atoms with E-state index in [-0.39, 0.29) is 11.4 Å². The van der Waals surface area contributed by atoms with Crippen LogP contribution in [0.3, 0.4) is 0 Å². The number of benzene rings is 1. The first kappa shape index (κ1) is 34.3. The maximum absolute atomic E-state index is 12.9. The molecule has 1 rings (SSSR count). The van der Waals surface area contributed by atoms with Crippen molar-refractivity contribution in [2.75, 3.05) is 24.9 Å². The summed E-state index contributed by atoms with van der Waals surface area (Å²) in [5, 5.41) is 0. The predicted molar refractivity (Wildman–Crippen MR) is 128 cm³/mol. The Morgan fingerprint density at radius 1 is 1.06 bits per heavy atom. The van der Waals surface area contributed by atoms with E-state index in [1.54, 1.807) is 12.2 Å². The zero-order chi connectivity index (χ0) is 26.0. The van der Waals surface area contributed by atoms with Gasteiger partial charge in [0.05, 0.1) is 12.1 Å². The summed E-state index contributed by atoms with van der Waals surface area (Å²) in [5.74, 6) is 0. The molecule has 0 aromatic heterocycles. The van der Waals surface area contributed by atoms with Crippen LogP contribution in [0.4, 0.5) is 23.2 Å². The van der Waals surface area contributed by atoms with E-state index in [0.717, 1.165) is 24.4 Å². The Kier molecular flexibility index (Phi) is 19.6. The molecule has 0 atom stereocenters. The molecule has 186 valence electrons. The van der Waals surface area contributed by atoms with E-state index >= 15 is 0 Å². The van der Waals surface area contributed by atoms with Gasteiger partial charge in [-0.2, -0.15) is 13.2 Å². The average molecular weight is 483 g/mol. The summed E-state index contributed by atoms with van der Waals surface area (Å²) < 4.78 is 71.2. The summed E-state index contributed by atoms with van der Waals surface area (Å²) in [4.78, 5) is 1.43. The third-order valence-corrected chi connectivity index (χ3v) is 4.55. The van der Waals surface area contributed by atoms with Crippen LogP contribution in [-0.4, -0.2) is 34.6 Å². The van der Waals surface area contributed by atoms with Crippen molar-refractivity contribution in [3.05, 3.63) is 60.0 Å². The molecule has 0 bridgehead atoms. The predicted octanol–water partition coefficient (Wildman–Crippen LogP) is 6.81. The van der Waals surface area contributed by atoms with E-state index in [2.05, 4.69) is 0 Å². The topological polar surface area (TPSA) is 63.4 Å². The molecule has 0 saturated heterocycles. The fraction of sp³-hybridized carbons (Fsp3) is 0.478. The zero-order valence-electron chi connectivity index (χ0n) is 20.3. The van der Waals surface area contributed by atoms with E-state index in [0.29, 0.717) is 12.9 Å². The van der Waals surface area contributed by atoms with Crippen LogP contribution in [0.1, 0.15) is 48.0 Å². The Labute approximate surface area is 191 Å². The summed E-state index contributed by atoms with van der Waals surface area (Å²) in [5.41, 5.74) is 5.15. The molecule has 0 fully saturated rings. The Morgan fingerprint density at radius 2 is 1.53 bits per heavy atom. The normalized spacial score (nSPS) is 12.0. The Morgan fingerprint density at radius 3 is 1.88 bits per heavy atom. The van der Waals surface area contributed by atoms with Crippen molar-refractivity contribution in [2.45, 2.75) is 59.0 Å². The number of rotatable bonds is 7. The number of sulfone groups is 1. The Hall–Kier alpha value is -2.29. The number of alkyl halides is 4. The first-order chi connectivity index (χ1) is 15.0. The number of halogens is 4. The molecule has 2 N–H and O–H groups in total. The molecule has 0 aliphatic heterocycles. The van der Waals surface area contributed by atoms with Gasteiger partial charge >= 0.3 is 6.18 Å². The number of allylic oxidation sites excluding steroid dienone is 3. The second kappa shape index (κ2) is 18.3. The second-order valence-electron chi connectivity index (χ2n) is 5.66. The first-order valence-electron chi connectivity index (χ1n) is 10.3. The molecule has 0 amide bonds. The Bertz CT molecular complexity index is 798. The van der Waals surface area contributed by atoms with Gasteiger partial charge in [-0.05, 0) is 43.2 Å². The average Bonchev–Trinajstić information content (AvgIpc) is 2.76. The quantitative estimate of drug-likeness (QED) is 0.342. The molecule has 0 aliphatic rings. The van der Waals surface area contributed by atoms with Gasteiger partial charge in [0.25, 0.3) is 0 Å². The number of anilines is 1. The van der Waals surface area contributed by atoms with E-state index in [1.807, 2.05) is 47.6 Å². The minimum Gasteiger partial charge on any atom is -0.394 e. The smallest absolute Gasteiger partial charge is 0.394 e. The molecule has 0 heterocycles. The molecule has 0 saturated carbocycles. The minimum absolute atomic E-state index is 0.0896. The van der Waals surface area contributed by atoms with Gasteiger partial charge in [-0.1, -0.05) is 52.8 Å². The standard InChI is InChI=1S/C18H23F3N2O2S.2C2H6.CH3F/c1-4-6-14(7-5-2)12-23(13-17(22)18(19,20)21)15-8-10-16(11-9-15)26(3,24)25;3*1-2/h4,6-11,13H,5,12,22H2,1-3H3;2*1-2H3;1H3/b6-4-,14-7+,17-13-;;;. The van der Waals surface area contributed by atoms with Gasteiger partial charge in [0.15, 0.2) is 9.84 Å². The molecule has 0 aliphatic carbocycles. The van der Waals surface area contributed by atoms with Crippen LogP contribution in [0.25, 0.3) is 0 Å². The highest BCUT2D eigenvalue weighted by Crippen LogP contribution is 2.25. The van der Waals surface area contributed by atoms with Crippen molar-refractivity contribution in [1.82, 2.24) is 0 Å². The summed E-state index contributed by atoms with van der Waals surface area (Å²) in [6.07, 6.45) is 3.45. The fourth-order valence-electron chi connectivity index (χ4n) is 2.20. The first-order valence-corrected chi connectivity index (χ1v) is 12.2. The van der Waals surface area contributed by atoms with E-state index < -0.39 is 21.7 Å². The fourth-order valence-corrected chi connectivity index (χ4v) is 2.83. The SMILES string of the molecule is C/C=C\C(=C/CC)CN(/C=C(\N)C(F)(F)F)c1ccc(S(C)(=O)=O)cc1.CC.CC.CF. The van der Waals surface area contributed by atoms with Gasteiger partial charge in [-0.25, -0.2) is 8.42 Å². The lowest BCUT2D eigenvalue weighted by Gasteiger charge is -2.23. The van der Waals surface area contributed by atoms with E-state index in [1.165, 1.54) is 29.2 Å². The molecule has 0 radical (unpaired) electrons. The summed E-state index contributed by atoms with van der Waals surface area (Å²) in [6.45, 7) is 11.9. The van der Waals surface area contributed by atoms with E-state index in [9.17, 15) is 26.0 Å². The molecular weight excluding hydrogens is 444 g/mol. The van der Waals surface area contributed by atoms with Gasteiger partial charge in [0.2, 0.25) is 0 Å². The summed E-state index contributed by atoms with van der Waals surface area (Å²) >= 11 is 0. The van der Waals surface area contributed by atoms with Crippen molar-refractivity contribution in [3.8, 4) is 0 Å². The number of hydrogen-bond acceptors (Lipinski definition) is 4. The molecule has 1 aromatic rings. The highest BCUT2D eigenvalue weighted by Gasteiger charge is 2.32. The summed E-state index contributed by atoms with van der Waals surface area (Å²) in [7, 11) is -2.89. The number of hydrogen-bond donors (Lipinski definition) is 1. The van der Waals surface area contributed by atoms with Crippen LogP contribution in [-0.2, 0) is 9.84 Å². The molecule has 9 heteroatoms. The van der Waals surface area contributed by atoms with Crippen LogP contribution in [0.15, 0.2) is 64.9 Å². The van der Waals surface area contributed by atoms with Gasteiger partial charge in [-0.15, -0.1) is 0 Å². The lowest BCUT2D eigenvalue weighted by atomic mass is 10.1.